The molecule has 1 aliphatic carbocycles. The number of halogens is 1. The third-order valence-corrected chi connectivity index (χ3v) is 8.93. The molecule has 0 N–H and O–H groups in total. The summed E-state index contributed by atoms with van der Waals surface area (Å²) in [6, 6.07) is 22.3. The van der Waals surface area contributed by atoms with E-state index in [0.717, 1.165) is 0 Å². The van der Waals surface area contributed by atoms with Gasteiger partial charge in [0.1, 0.15) is 11.8 Å². The molecule has 0 saturated heterocycles. The van der Waals surface area contributed by atoms with E-state index in [1.165, 1.54) is 18.3 Å². The van der Waals surface area contributed by atoms with Gasteiger partial charge in [0, 0.05) is 0 Å². The smallest absolute Gasteiger partial charge is 0.303 e. The van der Waals surface area contributed by atoms with E-state index in [1.807, 2.05) is 18.2 Å². The SMILES string of the molecule is C.CC(C)(C)c1ccc([I+]c2ccc(C(C)(C)C)cc2)cc1.[C-]#[N+]C1C(C#N)C(C#N)C(C#N)C1[N+]#[C-]. The molecule has 4 atom stereocenters. The van der Waals surface area contributed by atoms with Gasteiger partial charge in [0.15, 0.2) is 7.14 Å². The Kier molecular flexibility index (Phi) is 11.3. The molecular weight excluding hydrogens is 569 g/mol. The van der Waals surface area contributed by atoms with Crippen LogP contribution in [0.15, 0.2) is 48.5 Å². The van der Waals surface area contributed by atoms with E-state index in [2.05, 4.69) is 99.8 Å². The maximum atomic E-state index is 8.84. The predicted molar refractivity (Wildman–Crippen MR) is 142 cm³/mol. The lowest BCUT2D eigenvalue weighted by Gasteiger charge is -2.18. The molecule has 6 heteroatoms. The van der Waals surface area contributed by atoms with Crippen LogP contribution in [0.2, 0.25) is 0 Å². The molecule has 1 aliphatic rings. The van der Waals surface area contributed by atoms with E-state index in [1.54, 1.807) is 0 Å². The van der Waals surface area contributed by atoms with Gasteiger partial charge >= 0.3 is 33.3 Å². The van der Waals surface area contributed by atoms with Crippen LogP contribution in [0.5, 0.6) is 0 Å². The van der Waals surface area contributed by atoms with Gasteiger partial charge in [-0.15, -0.1) is 0 Å². The molecule has 0 bridgehead atoms. The molecule has 4 unspecified atom stereocenters. The lowest BCUT2D eigenvalue weighted by molar-refractivity contribution is -0.597. The first kappa shape index (κ1) is 31.6. The minimum Gasteiger partial charge on any atom is -0.303 e. The first-order valence-electron chi connectivity index (χ1n) is 11.7. The van der Waals surface area contributed by atoms with E-state index >= 15 is 0 Å². The van der Waals surface area contributed by atoms with Gasteiger partial charge in [-0.2, -0.15) is 15.8 Å². The number of nitrogens with zero attached hydrogens (tertiary/aromatic N) is 5. The Labute approximate surface area is 233 Å². The molecule has 2 aromatic rings. The highest BCUT2D eigenvalue weighted by molar-refractivity contribution is 5.27. The van der Waals surface area contributed by atoms with Crippen molar-refractivity contribution in [1.29, 1.82) is 15.8 Å². The second-order valence-corrected chi connectivity index (χ2v) is 13.8. The number of hydrogen-bond acceptors (Lipinski definition) is 3. The fraction of sp³-hybridized carbons (Fsp3) is 0.452. The van der Waals surface area contributed by atoms with E-state index < -0.39 is 29.8 Å². The molecule has 190 valence electrons. The summed E-state index contributed by atoms with van der Waals surface area (Å²) >= 11 is -0.0703. The standard InChI is InChI=1S/C20H26I.C10H5N5.CH4/c1-19(2,3)15-7-11-17(12-8-15)21-18-13-9-16(10-14-18)20(4,5)6;1-14-9-7(4-12)6(3-11)8(5-13)10(9)15-2;/h7-14H,1-6H3;6-10H;1H4/q+1;;. The van der Waals surface area contributed by atoms with Gasteiger partial charge in [0.2, 0.25) is 0 Å². The molecule has 37 heavy (non-hydrogen) atoms. The van der Waals surface area contributed by atoms with E-state index in [0.29, 0.717) is 0 Å². The molecular formula is C31H35IN5+. The first-order chi connectivity index (χ1) is 16.9. The average Bonchev–Trinajstić information content (AvgIpc) is 3.15. The molecule has 5 nitrogen and oxygen atoms in total. The quantitative estimate of drug-likeness (QED) is 0.384. The maximum absolute atomic E-state index is 8.84. The molecule has 0 radical (unpaired) electrons. The highest BCUT2D eigenvalue weighted by Gasteiger charge is 2.61. The summed E-state index contributed by atoms with van der Waals surface area (Å²) in [6.45, 7) is 27.4. The normalized spacial score (nSPS) is 22.4. The zero-order valence-corrected chi connectivity index (χ0v) is 23.8. The fourth-order valence-electron chi connectivity index (χ4n) is 4.01. The van der Waals surface area contributed by atoms with Gasteiger partial charge in [-0.1, -0.05) is 73.2 Å². The number of rotatable bonds is 2. The molecule has 0 heterocycles. The Hall–Kier alpha value is -3.38. The van der Waals surface area contributed by atoms with Gasteiger partial charge in [0.05, 0.1) is 24.1 Å². The van der Waals surface area contributed by atoms with Gasteiger partial charge in [-0.25, -0.2) is 13.1 Å². The summed E-state index contributed by atoms with van der Waals surface area (Å²) in [6.07, 6.45) is 0. The summed E-state index contributed by atoms with van der Waals surface area (Å²) in [5.74, 6) is -2.47. The van der Waals surface area contributed by atoms with Gasteiger partial charge in [-0.3, -0.25) is 0 Å². The summed E-state index contributed by atoms with van der Waals surface area (Å²) in [5.41, 5.74) is 3.31. The van der Waals surface area contributed by atoms with Crippen LogP contribution in [0, 0.1) is 72.0 Å². The number of benzene rings is 2. The minimum atomic E-state index is -0.846. The molecule has 0 aliphatic heterocycles. The molecule has 0 aromatic heterocycles. The molecule has 3 rings (SSSR count). The second-order valence-electron chi connectivity index (χ2n) is 10.8. The van der Waals surface area contributed by atoms with Crippen LogP contribution in [0.4, 0.5) is 0 Å². The number of nitriles is 3. The number of hydrogen-bond donors (Lipinski definition) is 0. The van der Waals surface area contributed by atoms with E-state index in [-0.39, 0.29) is 39.5 Å². The zero-order valence-electron chi connectivity index (χ0n) is 21.6. The maximum Gasteiger partial charge on any atom is 0.357 e. The van der Waals surface area contributed by atoms with Crippen LogP contribution in [-0.4, -0.2) is 12.1 Å². The lowest BCUT2D eigenvalue weighted by atomic mass is 9.87. The minimum absolute atomic E-state index is 0. The topological polar surface area (TPSA) is 80.1 Å². The van der Waals surface area contributed by atoms with Crippen molar-refractivity contribution >= 4 is 0 Å². The van der Waals surface area contributed by atoms with Crippen LogP contribution in [0.1, 0.15) is 60.1 Å². The van der Waals surface area contributed by atoms with E-state index in [9.17, 15) is 0 Å². The Balaban J connectivity index is 0.000000381. The summed E-state index contributed by atoms with van der Waals surface area (Å²) in [5, 5.41) is 26.5. The highest BCUT2D eigenvalue weighted by Crippen LogP contribution is 2.40. The van der Waals surface area contributed by atoms with Crippen molar-refractivity contribution in [1.82, 2.24) is 0 Å². The Morgan fingerprint density at radius 1 is 0.622 bits per heavy atom. The van der Waals surface area contributed by atoms with E-state index in [4.69, 9.17) is 28.9 Å². The van der Waals surface area contributed by atoms with Crippen LogP contribution in [0.3, 0.4) is 0 Å². The van der Waals surface area contributed by atoms with Crippen LogP contribution in [0.25, 0.3) is 9.69 Å². The first-order valence-corrected chi connectivity index (χ1v) is 13.8. The third-order valence-electron chi connectivity index (χ3n) is 6.24. The predicted octanol–water partition coefficient (Wildman–Crippen LogP) is 4.04. The Morgan fingerprint density at radius 3 is 1.14 bits per heavy atom. The van der Waals surface area contributed by atoms with Gasteiger partial charge < -0.3 is 9.69 Å². The third kappa shape index (κ3) is 7.80. The zero-order chi connectivity index (χ0) is 27.1. The van der Waals surface area contributed by atoms with Gasteiger partial charge in [-0.05, 0) is 46.2 Å². The molecule has 1 saturated carbocycles. The molecule has 0 spiro atoms. The van der Waals surface area contributed by atoms with Gasteiger partial charge in [0.25, 0.3) is 0 Å². The van der Waals surface area contributed by atoms with Crippen LogP contribution < -0.4 is 21.2 Å². The fourth-order valence-corrected chi connectivity index (χ4v) is 6.17. The van der Waals surface area contributed by atoms with Crippen molar-refractivity contribution < 1.29 is 21.2 Å². The van der Waals surface area contributed by atoms with Crippen LogP contribution >= 0.6 is 0 Å². The van der Waals surface area contributed by atoms with Crippen molar-refractivity contribution in [3.63, 3.8) is 0 Å². The van der Waals surface area contributed by atoms with Crippen molar-refractivity contribution in [3.05, 3.63) is 89.6 Å². The Bertz CT molecular complexity index is 1080. The summed E-state index contributed by atoms with van der Waals surface area (Å²) in [4.78, 5) is 6.40. The van der Waals surface area contributed by atoms with Crippen molar-refractivity contribution in [2.75, 3.05) is 0 Å². The Morgan fingerprint density at radius 2 is 0.919 bits per heavy atom. The highest BCUT2D eigenvalue weighted by atomic mass is 127. The largest absolute Gasteiger partial charge is 0.357 e. The molecule has 2 aromatic carbocycles. The monoisotopic (exact) mass is 604 g/mol. The second kappa shape index (κ2) is 13.2. The molecule has 0 amide bonds. The van der Waals surface area contributed by atoms with Crippen LogP contribution in [-0.2, 0) is 10.8 Å². The molecule has 1 fully saturated rings. The summed E-state index contributed by atoms with van der Waals surface area (Å²) < 4.78 is 2.98. The lowest BCUT2D eigenvalue weighted by Crippen LogP contribution is -3.61. The van der Waals surface area contributed by atoms with Crippen molar-refractivity contribution in [2.24, 2.45) is 17.8 Å². The average molecular weight is 605 g/mol. The van der Waals surface area contributed by atoms with Crippen molar-refractivity contribution in [3.8, 4) is 18.2 Å². The summed E-state index contributed by atoms with van der Waals surface area (Å²) in [7, 11) is 0. The van der Waals surface area contributed by atoms with Crippen molar-refractivity contribution in [2.45, 2.75) is 71.9 Å².